The van der Waals surface area contributed by atoms with Crippen LogP contribution >= 0.6 is 0 Å². The van der Waals surface area contributed by atoms with Crippen molar-refractivity contribution in [3.8, 4) is 0 Å². The predicted octanol–water partition coefficient (Wildman–Crippen LogP) is 3.03. The number of hydrogen-bond donors (Lipinski definition) is 2. The van der Waals surface area contributed by atoms with Gasteiger partial charge in [0, 0.05) is 13.0 Å². The lowest BCUT2D eigenvalue weighted by Crippen LogP contribution is -2.53. The Bertz CT molecular complexity index is 450. The molecule has 3 nitrogen and oxygen atoms in total. The van der Waals surface area contributed by atoms with Gasteiger partial charge in [-0.05, 0) is 42.9 Å². The maximum absolute atomic E-state index is 13.1. The SMILES string of the molecule is CCC(CC)(CN)NC(=O)CC(C)Cc1cccc(F)c1. The molecule has 0 aromatic heterocycles. The number of nitrogens with two attached hydrogens (primary N) is 1. The van der Waals surface area contributed by atoms with Crippen molar-refractivity contribution < 1.29 is 9.18 Å². The molecule has 4 heteroatoms. The van der Waals surface area contributed by atoms with Gasteiger partial charge in [0.25, 0.3) is 0 Å². The van der Waals surface area contributed by atoms with Gasteiger partial charge >= 0.3 is 0 Å². The molecule has 0 radical (unpaired) electrons. The highest BCUT2D eigenvalue weighted by Crippen LogP contribution is 2.16. The molecule has 1 aromatic carbocycles. The number of amides is 1. The Balaban J connectivity index is 2.54. The molecule has 0 fully saturated rings. The van der Waals surface area contributed by atoms with E-state index in [-0.39, 0.29) is 23.2 Å². The normalized spacial score (nSPS) is 13.0. The number of benzene rings is 1. The number of nitrogens with one attached hydrogen (secondary N) is 1. The van der Waals surface area contributed by atoms with Gasteiger partial charge < -0.3 is 11.1 Å². The van der Waals surface area contributed by atoms with Crippen molar-refractivity contribution in [3.05, 3.63) is 35.6 Å². The van der Waals surface area contributed by atoms with Gasteiger partial charge in [0.15, 0.2) is 0 Å². The summed E-state index contributed by atoms with van der Waals surface area (Å²) in [6, 6.07) is 6.54. The molecular formula is C17H27FN2O. The summed E-state index contributed by atoms with van der Waals surface area (Å²) in [7, 11) is 0. The summed E-state index contributed by atoms with van der Waals surface area (Å²) in [5.41, 5.74) is 6.42. The molecule has 3 N–H and O–H groups in total. The first-order chi connectivity index (χ1) is 9.94. The van der Waals surface area contributed by atoms with Crippen LogP contribution in [0.25, 0.3) is 0 Å². The molecular weight excluding hydrogens is 267 g/mol. The minimum atomic E-state index is -0.296. The van der Waals surface area contributed by atoms with E-state index in [9.17, 15) is 9.18 Å². The molecule has 0 aliphatic heterocycles. The van der Waals surface area contributed by atoms with E-state index < -0.39 is 0 Å². The van der Waals surface area contributed by atoms with E-state index in [1.165, 1.54) is 12.1 Å². The van der Waals surface area contributed by atoms with Crippen LogP contribution in [0.15, 0.2) is 24.3 Å². The number of carbonyl (C=O) groups excluding carboxylic acids is 1. The van der Waals surface area contributed by atoms with E-state index in [0.717, 1.165) is 18.4 Å². The minimum Gasteiger partial charge on any atom is -0.349 e. The zero-order valence-corrected chi connectivity index (χ0v) is 13.3. The molecule has 0 aliphatic rings. The minimum absolute atomic E-state index is 0.0213. The molecule has 0 bridgehead atoms. The fraction of sp³-hybridized carbons (Fsp3) is 0.588. The van der Waals surface area contributed by atoms with Crippen molar-refractivity contribution in [3.63, 3.8) is 0 Å². The Hall–Kier alpha value is -1.42. The number of hydrogen-bond acceptors (Lipinski definition) is 2. The molecule has 118 valence electrons. The summed E-state index contributed by atoms with van der Waals surface area (Å²) in [5.74, 6) is -0.0488. The van der Waals surface area contributed by atoms with Gasteiger partial charge in [-0.15, -0.1) is 0 Å². The third-order valence-corrected chi connectivity index (χ3v) is 4.16. The van der Waals surface area contributed by atoms with Crippen LogP contribution in [0, 0.1) is 11.7 Å². The second kappa shape index (κ2) is 8.13. The lowest BCUT2D eigenvalue weighted by Gasteiger charge is -2.32. The molecule has 0 heterocycles. The highest BCUT2D eigenvalue weighted by Gasteiger charge is 2.26. The number of carbonyl (C=O) groups is 1. The third-order valence-electron chi connectivity index (χ3n) is 4.16. The van der Waals surface area contributed by atoms with E-state index in [1.807, 2.05) is 26.8 Å². The molecule has 1 atom stereocenters. The first kappa shape index (κ1) is 17.6. The fourth-order valence-electron chi connectivity index (χ4n) is 2.57. The standard InChI is InChI=1S/C17H27FN2O/c1-4-17(5-2,12-19)20-16(21)10-13(3)9-14-7-6-8-15(18)11-14/h6-8,11,13H,4-5,9-10,12,19H2,1-3H3,(H,20,21). The average Bonchev–Trinajstić information content (AvgIpc) is 2.44. The van der Waals surface area contributed by atoms with E-state index in [4.69, 9.17) is 5.73 Å². The highest BCUT2D eigenvalue weighted by molar-refractivity contribution is 5.77. The van der Waals surface area contributed by atoms with Crippen LogP contribution in [-0.4, -0.2) is 18.0 Å². The summed E-state index contributed by atoms with van der Waals surface area (Å²) in [6.07, 6.45) is 2.77. The van der Waals surface area contributed by atoms with Gasteiger partial charge in [-0.1, -0.05) is 32.9 Å². The van der Waals surface area contributed by atoms with Crippen molar-refractivity contribution in [1.82, 2.24) is 5.32 Å². The molecule has 0 aliphatic carbocycles. The van der Waals surface area contributed by atoms with Crippen molar-refractivity contribution in [1.29, 1.82) is 0 Å². The molecule has 1 unspecified atom stereocenters. The molecule has 0 saturated carbocycles. The monoisotopic (exact) mass is 294 g/mol. The first-order valence-electron chi connectivity index (χ1n) is 7.70. The number of rotatable bonds is 8. The van der Waals surface area contributed by atoms with E-state index in [2.05, 4.69) is 5.32 Å². The molecule has 1 aromatic rings. The molecule has 0 saturated heterocycles. The van der Waals surface area contributed by atoms with Crippen molar-refractivity contribution in [2.24, 2.45) is 11.7 Å². The maximum Gasteiger partial charge on any atom is 0.220 e. The molecule has 21 heavy (non-hydrogen) atoms. The smallest absolute Gasteiger partial charge is 0.220 e. The van der Waals surface area contributed by atoms with Crippen LogP contribution in [0.5, 0.6) is 0 Å². The summed E-state index contributed by atoms with van der Waals surface area (Å²) in [5, 5.41) is 3.07. The molecule has 1 amide bonds. The van der Waals surface area contributed by atoms with Gasteiger partial charge in [0.1, 0.15) is 5.82 Å². The topological polar surface area (TPSA) is 55.1 Å². The first-order valence-corrected chi connectivity index (χ1v) is 7.70. The van der Waals surface area contributed by atoms with E-state index >= 15 is 0 Å². The van der Waals surface area contributed by atoms with E-state index in [0.29, 0.717) is 19.4 Å². The Morgan fingerprint density at radius 2 is 2.05 bits per heavy atom. The lowest BCUT2D eigenvalue weighted by molar-refractivity contribution is -0.123. The summed E-state index contributed by atoms with van der Waals surface area (Å²) in [4.78, 5) is 12.2. The molecule has 0 spiro atoms. The third kappa shape index (κ3) is 5.46. The van der Waals surface area contributed by atoms with E-state index in [1.54, 1.807) is 6.07 Å². The molecule has 1 rings (SSSR count). The van der Waals surface area contributed by atoms with Crippen molar-refractivity contribution >= 4 is 5.91 Å². The van der Waals surface area contributed by atoms with Crippen molar-refractivity contribution in [2.45, 2.75) is 52.0 Å². The number of halogens is 1. The highest BCUT2D eigenvalue weighted by atomic mass is 19.1. The predicted molar refractivity (Wildman–Crippen MR) is 84.4 cm³/mol. The van der Waals surface area contributed by atoms with Crippen LogP contribution in [0.1, 0.15) is 45.6 Å². The van der Waals surface area contributed by atoms with Crippen LogP contribution in [0.2, 0.25) is 0 Å². The zero-order chi connectivity index (χ0) is 15.9. The zero-order valence-electron chi connectivity index (χ0n) is 13.3. The van der Waals surface area contributed by atoms with Gasteiger partial charge in [0.05, 0.1) is 5.54 Å². The largest absolute Gasteiger partial charge is 0.349 e. The quantitative estimate of drug-likeness (QED) is 0.774. The Kier molecular flexibility index (Phi) is 6.82. The van der Waals surface area contributed by atoms with Crippen molar-refractivity contribution in [2.75, 3.05) is 6.54 Å². The summed E-state index contributed by atoms with van der Waals surface area (Å²) >= 11 is 0. The second-order valence-corrected chi connectivity index (χ2v) is 5.88. The van der Waals surface area contributed by atoms with Gasteiger partial charge in [-0.2, -0.15) is 0 Å². The average molecular weight is 294 g/mol. The van der Waals surface area contributed by atoms with Crippen LogP contribution in [-0.2, 0) is 11.2 Å². The van der Waals surface area contributed by atoms with Crippen LogP contribution < -0.4 is 11.1 Å². The van der Waals surface area contributed by atoms with Gasteiger partial charge in [-0.25, -0.2) is 4.39 Å². The Morgan fingerprint density at radius 1 is 1.38 bits per heavy atom. The maximum atomic E-state index is 13.1. The summed E-state index contributed by atoms with van der Waals surface area (Å²) in [6.45, 7) is 6.52. The fourth-order valence-corrected chi connectivity index (χ4v) is 2.57. The van der Waals surface area contributed by atoms with Gasteiger partial charge in [0.2, 0.25) is 5.91 Å². The Labute approximate surface area is 127 Å². The summed E-state index contributed by atoms with van der Waals surface area (Å²) < 4.78 is 13.1. The van der Waals surface area contributed by atoms with Gasteiger partial charge in [-0.3, -0.25) is 4.79 Å². The van der Waals surface area contributed by atoms with Crippen LogP contribution in [0.4, 0.5) is 4.39 Å². The van der Waals surface area contributed by atoms with Crippen LogP contribution in [0.3, 0.4) is 0 Å². The Morgan fingerprint density at radius 3 is 2.57 bits per heavy atom. The second-order valence-electron chi connectivity index (χ2n) is 5.88. The lowest BCUT2D eigenvalue weighted by atomic mass is 9.91.